The van der Waals surface area contributed by atoms with Crippen LogP contribution in [0.2, 0.25) is 0 Å². The molecule has 1 aromatic carbocycles. The summed E-state index contributed by atoms with van der Waals surface area (Å²) < 4.78 is 40.3. The molecule has 2 rings (SSSR count). The third-order valence-electron chi connectivity index (χ3n) is 2.41. The van der Waals surface area contributed by atoms with Crippen LogP contribution in [0.25, 0.3) is 0 Å². The fourth-order valence-corrected chi connectivity index (χ4v) is 2.51. The van der Waals surface area contributed by atoms with Crippen molar-refractivity contribution in [1.29, 1.82) is 0 Å². The first kappa shape index (κ1) is 13.5. The van der Waals surface area contributed by atoms with Crippen molar-refractivity contribution in [2.24, 2.45) is 0 Å². The maximum absolute atomic E-state index is 12.7. The number of nitrogens with zero attached hydrogens (tertiary/aromatic N) is 2. The number of nitrogens with two attached hydrogens (primary N) is 1. The fourth-order valence-electron chi connectivity index (χ4n) is 1.49. The summed E-state index contributed by atoms with van der Waals surface area (Å²) in [5.41, 5.74) is 6.00. The summed E-state index contributed by atoms with van der Waals surface area (Å²) in [6.07, 6.45) is 3.08. The van der Waals surface area contributed by atoms with Gasteiger partial charge in [-0.25, -0.2) is 17.5 Å². The second-order valence-corrected chi connectivity index (χ2v) is 5.66. The van der Waals surface area contributed by atoms with Crippen molar-refractivity contribution in [3.8, 4) is 0 Å². The molecular formula is C11H13FN4O2S. The molecule has 19 heavy (non-hydrogen) atoms. The molecule has 0 saturated carbocycles. The molecule has 0 unspecified atom stereocenters. The van der Waals surface area contributed by atoms with Crippen LogP contribution in [0.5, 0.6) is 0 Å². The number of hydrogen-bond acceptors (Lipinski definition) is 4. The summed E-state index contributed by atoms with van der Waals surface area (Å²) in [6.45, 7) is 0.526. The lowest BCUT2D eigenvalue weighted by molar-refractivity contribution is 0.560. The van der Waals surface area contributed by atoms with E-state index in [4.69, 9.17) is 5.73 Å². The van der Waals surface area contributed by atoms with Crippen LogP contribution in [0.15, 0.2) is 41.6 Å². The predicted molar refractivity (Wildman–Crippen MR) is 68.2 cm³/mol. The summed E-state index contributed by atoms with van der Waals surface area (Å²) >= 11 is 0. The normalized spacial score (nSPS) is 11.6. The molecule has 0 saturated heterocycles. The summed E-state index contributed by atoms with van der Waals surface area (Å²) in [4.78, 5) is 0.0221. The van der Waals surface area contributed by atoms with Gasteiger partial charge in [0, 0.05) is 12.7 Å². The lowest BCUT2D eigenvalue weighted by Crippen LogP contribution is -2.27. The number of benzene rings is 1. The van der Waals surface area contributed by atoms with E-state index in [-0.39, 0.29) is 11.4 Å². The van der Waals surface area contributed by atoms with Crippen molar-refractivity contribution in [2.75, 3.05) is 12.3 Å². The molecule has 102 valence electrons. The Kier molecular flexibility index (Phi) is 3.82. The van der Waals surface area contributed by atoms with Gasteiger partial charge in [-0.1, -0.05) is 0 Å². The van der Waals surface area contributed by atoms with Gasteiger partial charge in [0.2, 0.25) is 10.0 Å². The Morgan fingerprint density at radius 2 is 2.00 bits per heavy atom. The number of anilines is 1. The Labute approximate surface area is 110 Å². The maximum Gasteiger partial charge on any atom is 0.240 e. The first-order valence-corrected chi connectivity index (χ1v) is 6.99. The minimum absolute atomic E-state index is 0.0221. The van der Waals surface area contributed by atoms with Gasteiger partial charge >= 0.3 is 0 Å². The Balaban J connectivity index is 1.96. The fraction of sp³-hybridized carbons (Fsp3) is 0.182. The number of aromatic nitrogens is 2. The summed E-state index contributed by atoms with van der Waals surface area (Å²) in [5.74, 6) is -0.481. The van der Waals surface area contributed by atoms with Gasteiger partial charge in [0.25, 0.3) is 0 Å². The molecule has 0 amide bonds. The van der Waals surface area contributed by atoms with Crippen molar-refractivity contribution < 1.29 is 12.8 Å². The Hall–Kier alpha value is -1.93. The third kappa shape index (κ3) is 3.52. The smallest absolute Gasteiger partial charge is 0.240 e. The minimum atomic E-state index is -3.63. The SMILES string of the molecule is Nc1cnn(CCNS(=O)(=O)c2ccc(F)cc2)c1. The van der Waals surface area contributed by atoms with E-state index in [1.807, 2.05) is 0 Å². The van der Waals surface area contributed by atoms with Gasteiger partial charge in [-0.2, -0.15) is 5.10 Å². The van der Waals surface area contributed by atoms with E-state index in [1.165, 1.54) is 23.0 Å². The molecule has 6 nitrogen and oxygen atoms in total. The molecule has 0 aliphatic carbocycles. The van der Waals surface area contributed by atoms with Gasteiger partial charge in [-0.3, -0.25) is 4.68 Å². The van der Waals surface area contributed by atoms with Gasteiger partial charge < -0.3 is 5.73 Å². The lowest BCUT2D eigenvalue weighted by Gasteiger charge is -2.06. The Morgan fingerprint density at radius 3 is 2.58 bits per heavy atom. The molecule has 0 aliphatic rings. The van der Waals surface area contributed by atoms with Crippen LogP contribution in [-0.2, 0) is 16.6 Å². The van der Waals surface area contributed by atoms with E-state index in [2.05, 4.69) is 9.82 Å². The monoisotopic (exact) mass is 284 g/mol. The largest absolute Gasteiger partial charge is 0.396 e. The maximum atomic E-state index is 12.7. The summed E-state index contributed by atoms with van der Waals surface area (Å²) in [7, 11) is -3.63. The zero-order chi connectivity index (χ0) is 13.9. The van der Waals surface area contributed by atoms with Gasteiger partial charge in [0.15, 0.2) is 0 Å². The Morgan fingerprint density at radius 1 is 1.32 bits per heavy atom. The number of rotatable bonds is 5. The second kappa shape index (κ2) is 5.37. The molecule has 1 aromatic heterocycles. The highest BCUT2D eigenvalue weighted by atomic mass is 32.2. The van der Waals surface area contributed by atoms with Crippen LogP contribution in [0.1, 0.15) is 0 Å². The van der Waals surface area contributed by atoms with Crippen LogP contribution in [-0.4, -0.2) is 24.7 Å². The average Bonchev–Trinajstić information content (AvgIpc) is 2.75. The first-order chi connectivity index (χ1) is 8.97. The predicted octanol–water partition coefficient (Wildman–Crippen LogP) is 0.583. The van der Waals surface area contributed by atoms with E-state index < -0.39 is 15.8 Å². The molecule has 2 aromatic rings. The van der Waals surface area contributed by atoms with Crippen LogP contribution >= 0.6 is 0 Å². The molecule has 0 radical (unpaired) electrons. The molecule has 3 N–H and O–H groups in total. The molecule has 0 bridgehead atoms. The van der Waals surface area contributed by atoms with E-state index in [1.54, 1.807) is 6.20 Å². The van der Waals surface area contributed by atoms with Gasteiger partial charge in [-0.05, 0) is 24.3 Å². The molecule has 0 atom stereocenters. The van der Waals surface area contributed by atoms with Crippen molar-refractivity contribution in [2.45, 2.75) is 11.4 Å². The van der Waals surface area contributed by atoms with Crippen molar-refractivity contribution in [1.82, 2.24) is 14.5 Å². The number of nitrogens with one attached hydrogen (secondary N) is 1. The third-order valence-corrected chi connectivity index (χ3v) is 3.89. The highest BCUT2D eigenvalue weighted by Crippen LogP contribution is 2.09. The lowest BCUT2D eigenvalue weighted by atomic mass is 10.4. The van der Waals surface area contributed by atoms with Crippen molar-refractivity contribution in [3.63, 3.8) is 0 Å². The molecule has 0 aliphatic heterocycles. The number of sulfonamides is 1. The zero-order valence-electron chi connectivity index (χ0n) is 9.95. The molecule has 8 heteroatoms. The van der Waals surface area contributed by atoms with Gasteiger partial charge in [0.05, 0.1) is 23.3 Å². The summed E-state index contributed by atoms with van der Waals surface area (Å²) in [5, 5.41) is 3.93. The number of hydrogen-bond donors (Lipinski definition) is 2. The van der Waals surface area contributed by atoms with E-state index in [0.717, 1.165) is 12.1 Å². The molecule has 0 spiro atoms. The van der Waals surface area contributed by atoms with Crippen LogP contribution in [0.4, 0.5) is 10.1 Å². The average molecular weight is 284 g/mol. The van der Waals surface area contributed by atoms with Crippen LogP contribution in [0, 0.1) is 5.82 Å². The number of nitrogen functional groups attached to an aromatic ring is 1. The van der Waals surface area contributed by atoms with E-state index in [9.17, 15) is 12.8 Å². The van der Waals surface area contributed by atoms with Crippen LogP contribution < -0.4 is 10.5 Å². The summed E-state index contributed by atoms with van der Waals surface area (Å²) in [6, 6.07) is 4.62. The molecular weight excluding hydrogens is 271 g/mol. The van der Waals surface area contributed by atoms with Crippen molar-refractivity contribution >= 4 is 15.7 Å². The number of halogens is 1. The van der Waals surface area contributed by atoms with Gasteiger partial charge in [0.1, 0.15) is 5.82 Å². The topological polar surface area (TPSA) is 90.0 Å². The van der Waals surface area contributed by atoms with Crippen LogP contribution in [0.3, 0.4) is 0 Å². The zero-order valence-corrected chi connectivity index (χ0v) is 10.8. The highest BCUT2D eigenvalue weighted by molar-refractivity contribution is 7.89. The Bertz CT molecular complexity index is 652. The minimum Gasteiger partial charge on any atom is -0.396 e. The second-order valence-electron chi connectivity index (χ2n) is 3.89. The van der Waals surface area contributed by atoms with Crippen molar-refractivity contribution in [3.05, 3.63) is 42.5 Å². The van der Waals surface area contributed by atoms with E-state index >= 15 is 0 Å². The van der Waals surface area contributed by atoms with E-state index in [0.29, 0.717) is 12.2 Å². The molecule has 0 fully saturated rings. The first-order valence-electron chi connectivity index (χ1n) is 5.50. The standard InChI is InChI=1S/C11H13FN4O2S/c12-9-1-3-11(4-2-9)19(17,18)15-5-6-16-8-10(13)7-14-16/h1-4,7-8,15H,5-6,13H2. The quantitative estimate of drug-likeness (QED) is 0.840. The highest BCUT2D eigenvalue weighted by Gasteiger charge is 2.13. The molecule has 1 heterocycles. The van der Waals surface area contributed by atoms with Gasteiger partial charge in [-0.15, -0.1) is 0 Å².